The Kier molecular flexibility index (Phi) is 5.07. The predicted molar refractivity (Wildman–Crippen MR) is 103 cm³/mol. The number of carbonyl (C=O) groups is 1. The second kappa shape index (κ2) is 7.80. The average Bonchev–Trinajstić information content (AvgIpc) is 3.38. The lowest BCUT2D eigenvalue weighted by molar-refractivity contribution is 0.0938. The number of nitrogens with one attached hydrogen (secondary N) is 1. The average molecular weight is 383 g/mol. The van der Waals surface area contributed by atoms with Crippen LogP contribution in [0.3, 0.4) is 0 Å². The van der Waals surface area contributed by atoms with E-state index in [1.807, 2.05) is 30.3 Å². The Hall–Kier alpha value is -2.86. The molecule has 138 valence electrons. The molecule has 1 amide bonds. The molecule has 1 fully saturated rings. The van der Waals surface area contributed by atoms with Crippen LogP contribution < -0.4 is 10.2 Å². The van der Waals surface area contributed by atoms with Crippen molar-refractivity contribution in [2.45, 2.75) is 18.9 Å². The molecule has 0 radical (unpaired) electrons. The lowest BCUT2D eigenvalue weighted by Crippen LogP contribution is -2.29. The van der Waals surface area contributed by atoms with Crippen molar-refractivity contribution in [1.82, 2.24) is 15.5 Å². The molecule has 3 aromatic rings. The first-order valence-corrected chi connectivity index (χ1v) is 9.29. The third-order valence-corrected chi connectivity index (χ3v) is 4.91. The Balaban J connectivity index is 1.64. The summed E-state index contributed by atoms with van der Waals surface area (Å²) in [6.45, 7) is 1.81. The maximum atomic E-state index is 12.8. The molecule has 27 heavy (non-hydrogen) atoms. The minimum absolute atomic E-state index is 0.296. The zero-order valence-corrected chi connectivity index (χ0v) is 15.4. The number of nitrogens with zero attached hydrogens (tertiary/aromatic N) is 3. The molecule has 1 aliphatic rings. The largest absolute Gasteiger partial charge is 0.405 e. The van der Waals surface area contributed by atoms with E-state index in [0.717, 1.165) is 31.5 Å². The summed E-state index contributed by atoms with van der Waals surface area (Å²) in [5.74, 6) is 0.0545. The summed E-state index contributed by atoms with van der Waals surface area (Å²) in [6, 6.07) is 16.4. The summed E-state index contributed by atoms with van der Waals surface area (Å²) < 4.78 is 5.91. The minimum atomic E-state index is -0.557. The molecule has 1 aliphatic heterocycles. The van der Waals surface area contributed by atoms with Crippen LogP contribution in [0.25, 0.3) is 0 Å². The van der Waals surface area contributed by atoms with Gasteiger partial charge in [0.15, 0.2) is 0 Å². The van der Waals surface area contributed by atoms with Gasteiger partial charge >= 0.3 is 6.01 Å². The minimum Gasteiger partial charge on any atom is -0.405 e. The van der Waals surface area contributed by atoms with Gasteiger partial charge in [0.1, 0.15) is 6.04 Å². The fourth-order valence-corrected chi connectivity index (χ4v) is 3.39. The van der Waals surface area contributed by atoms with Crippen molar-refractivity contribution in [1.29, 1.82) is 0 Å². The second-order valence-electron chi connectivity index (χ2n) is 6.41. The summed E-state index contributed by atoms with van der Waals surface area (Å²) in [6.07, 6.45) is 2.23. The Morgan fingerprint density at radius 1 is 1.04 bits per heavy atom. The smallest absolute Gasteiger partial charge is 0.318 e. The van der Waals surface area contributed by atoms with Crippen molar-refractivity contribution in [3.8, 4) is 0 Å². The number of amides is 1. The van der Waals surface area contributed by atoms with Gasteiger partial charge in [-0.15, -0.1) is 5.10 Å². The van der Waals surface area contributed by atoms with Crippen LogP contribution in [0.4, 0.5) is 6.01 Å². The quantitative estimate of drug-likeness (QED) is 0.725. The van der Waals surface area contributed by atoms with Gasteiger partial charge in [0.25, 0.3) is 5.91 Å². The first-order valence-electron chi connectivity index (χ1n) is 8.91. The van der Waals surface area contributed by atoms with Crippen LogP contribution in [-0.4, -0.2) is 29.2 Å². The monoisotopic (exact) mass is 382 g/mol. The molecule has 1 atom stereocenters. The van der Waals surface area contributed by atoms with E-state index in [2.05, 4.69) is 20.4 Å². The maximum Gasteiger partial charge on any atom is 0.318 e. The van der Waals surface area contributed by atoms with Gasteiger partial charge in [-0.05, 0) is 30.5 Å². The highest BCUT2D eigenvalue weighted by atomic mass is 35.5. The molecule has 0 spiro atoms. The van der Waals surface area contributed by atoms with Gasteiger partial charge in [0.2, 0.25) is 5.89 Å². The van der Waals surface area contributed by atoms with Gasteiger partial charge < -0.3 is 14.6 Å². The number of rotatable bonds is 5. The van der Waals surface area contributed by atoms with Crippen molar-refractivity contribution >= 4 is 23.5 Å². The first kappa shape index (κ1) is 17.5. The van der Waals surface area contributed by atoms with E-state index < -0.39 is 6.04 Å². The summed E-state index contributed by atoms with van der Waals surface area (Å²) in [7, 11) is 0. The van der Waals surface area contributed by atoms with Crippen LogP contribution in [0.1, 0.15) is 40.7 Å². The van der Waals surface area contributed by atoms with E-state index in [4.69, 9.17) is 16.0 Å². The molecule has 1 N–H and O–H groups in total. The predicted octanol–water partition coefficient (Wildman–Crippen LogP) is 3.84. The van der Waals surface area contributed by atoms with Gasteiger partial charge in [0, 0.05) is 13.1 Å². The highest BCUT2D eigenvalue weighted by Crippen LogP contribution is 2.26. The lowest BCUT2D eigenvalue weighted by Gasteiger charge is -2.16. The number of hydrogen-bond acceptors (Lipinski definition) is 5. The van der Waals surface area contributed by atoms with Crippen molar-refractivity contribution in [2.24, 2.45) is 0 Å². The number of halogens is 1. The van der Waals surface area contributed by atoms with Gasteiger partial charge in [-0.25, -0.2) is 0 Å². The van der Waals surface area contributed by atoms with Gasteiger partial charge in [-0.2, -0.15) is 0 Å². The van der Waals surface area contributed by atoms with E-state index in [9.17, 15) is 4.79 Å². The molecule has 1 aromatic heterocycles. The second-order valence-corrected chi connectivity index (χ2v) is 6.82. The zero-order valence-electron chi connectivity index (χ0n) is 14.6. The van der Waals surface area contributed by atoms with Crippen LogP contribution >= 0.6 is 11.6 Å². The van der Waals surface area contributed by atoms with Crippen LogP contribution in [0, 0.1) is 0 Å². The number of hydrogen-bond donors (Lipinski definition) is 1. The topological polar surface area (TPSA) is 71.3 Å². The fourth-order valence-electron chi connectivity index (χ4n) is 3.17. The van der Waals surface area contributed by atoms with Crippen LogP contribution in [0.15, 0.2) is 59.0 Å². The number of carbonyl (C=O) groups excluding carboxylic acids is 1. The van der Waals surface area contributed by atoms with Gasteiger partial charge in [0.05, 0.1) is 10.6 Å². The van der Waals surface area contributed by atoms with Crippen LogP contribution in [-0.2, 0) is 0 Å². The molecule has 1 saturated heterocycles. The Labute approximate surface area is 162 Å². The van der Waals surface area contributed by atoms with Crippen molar-refractivity contribution < 1.29 is 9.21 Å². The molecule has 0 aliphatic carbocycles. The van der Waals surface area contributed by atoms with E-state index in [0.29, 0.717) is 22.5 Å². The molecule has 1 unspecified atom stereocenters. The standard InChI is InChI=1S/C20H19ClN4O2/c21-16-11-5-4-10-15(16)18(26)22-17(14-8-2-1-3-9-14)19-23-24-20(27-19)25-12-6-7-13-25/h1-5,8-11,17H,6-7,12-13H2,(H,22,26). The maximum absolute atomic E-state index is 12.8. The number of anilines is 1. The third kappa shape index (κ3) is 3.80. The van der Waals surface area contributed by atoms with Crippen LogP contribution in [0.5, 0.6) is 0 Å². The Morgan fingerprint density at radius 2 is 1.74 bits per heavy atom. The zero-order chi connectivity index (χ0) is 18.6. The van der Waals surface area contributed by atoms with Crippen molar-refractivity contribution in [2.75, 3.05) is 18.0 Å². The molecule has 4 rings (SSSR count). The molecular weight excluding hydrogens is 364 g/mol. The Bertz CT molecular complexity index is 922. The van der Waals surface area contributed by atoms with Crippen molar-refractivity contribution in [3.05, 3.63) is 76.6 Å². The highest BCUT2D eigenvalue weighted by molar-refractivity contribution is 6.33. The highest BCUT2D eigenvalue weighted by Gasteiger charge is 2.26. The fraction of sp³-hybridized carbons (Fsp3) is 0.250. The summed E-state index contributed by atoms with van der Waals surface area (Å²) >= 11 is 6.17. The molecule has 0 saturated carbocycles. The number of aromatic nitrogens is 2. The van der Waals surface area contributed by atoms with E-state index in [1.165, 1.54) is 0 Å². The van der Waals surface area contributed by atoms with Gasteiger partial charge in [-0.3, -0.25) is 4.79 Å². The van der Waals surface area contributed by atoms with Crippen LogP contribution in [0.2, 0.25) is 5.02 Å². The summed E-state index contributed by atoms with van der Waals surface area (Å²) in [4.78, 5) is 14.9. The molecule has 6 nitrogen and oxygen atoms in total. The van der Waals surface area contributed by atoms with Gasteiger partial charge in [-0.1, -0.05) is 59.2 Å². The molecule has 2 aromatic carbocycles. The normalized spacial score (nSPS) is 14.9. The van der Waals surface area contributed by atoms with Crippen molar-refractivity contribution in [3.63, 3.8) is 0 Å². The third-order valence-electron chi connectivity index (χ3n) is 4.58. The summed E-state index contributed by atoms with van der Waals surface area (Å²) in [5, 5.41) is 11.7. The van der Waals surface area contributed by atoms with E-state index in [-0.39, 0.29) is 5.91 Å². The van der Waals surface area contributed by atoms with E-state index >= 15 is 0 Å². The SMILES string of the molecule is O=C(NC(c1ccccc1)c1nnc(N2CCCC2)o1)c1ccccc1Cl. The first-order chi connectivity index (χ1) is 13.2. The molecule has 0 bridgehead atoms. The molecular formula is C20H19ClN4O2. The summed E-state index contributed by atoms with van der Waals surface area (Å²) in [5.41, 5.74) is 1.26. The molecule has 2 heterocycles. The van der Waals surface area contributed by atoms with E-state index in [1.54, 1.807) is 24.3 Å². The number of benzene rings is 2. The lowest BCUT2D eigenvalue weighted by atomic mass is 10.1. The molecule has 7 heteroatoms. The Morgan fingerprint density at radius 3 is 2.48 bits per heavy atom.